The Bertz CT molecular complexity index is 1230. The molecular formula is C22H20N2O7S. The van der Waals surface area contributed by atoms with E-state index in [0.29, 0.717) is 18.0 Å². The zero-order chi connectivity index (χ0) is 23.1. The van der Waals surface area contributed by atoms with E-state index in [2.05, 4.69) is 5.32 Å². The molecule has 1 amide bonds. The molecule has 0 saturated heterocycles. The molecular weight excluding hydrogens is 436 g/mol. The van der Waals surface area contributed by atoms with E-state index < -0.39 is 20.9 Å². The summed E-state index contributed by atoms with van der Waals surface area (Å²) < 4.78 is 35.5. The van der Waals surface area contributed by atoms with E-state index in [1.165, 1.54) is 42.5 Å². The zero-order valence-corrected chi connectivity index (χ0v) is 17.9. The lowest BCUT2D eigenvalue weighted by Crippen LogP contribution is -2.13. The predicted molar refractivity (Wildman–Crippen MR) is 118 cm³/mol. The topological polar surface area (TPSA) is 125 Å². The van der Waals surface area contributed by atoms with Crippen molar-refractivity contribution in [3.63, 3.8) is 0 Å². The van der Waals surface area contributed by atoms with Crippen LogP contribution in [0.2, 0.25) is 0 Å². The maximum Gasteiger partial charge on any atom is 0.339 e. The number of nitrogens with one attached hydrogen (secondary N) is 1. The standard InChI is InChI=1S/C22H20N2O7S/c1-2-14-30-21-9-4-3-8-20(21)23-22(25)16-10-12-18(13-11-16)31-32(28,29)19-7-5-6-17(15-19)24(26)27/h3-13,15H,2,14H2,1H3,(H,23,25). The Morgan fingerprint density at radius 3 is 2.44 bits per heavy atom. The fraction of sp³-hybridized carbons (Fsp3) is 0.136. The zero-order valence-electron chi connectivity index (χ0n) is 17.1. The predicted octanol–water partition coefficient (Wildman–Crippen LogP) is 4.40. The van der Waals surface area contributed by atoms with Gasteiger partial charge in [-0.2, -0.15) is 8.42 Å². The molecule has 3 aromatic rings. The molecule has 0 fully saturated rings. The highest BCUT2D eigenvalue weighted by atomic mass is 32.2. The fourth-order valence-corrected chi connectivity index (χ4v) is 3.66. The third-order valence-electron chi connectivity index (χ3n) is 4.24. The number of nitro benzene ring substituents is 1. The Hall–Kier alpha value is -3.92. The second kappa shape index (κ2) is 9.92. The van der Waals surface area contributed by atoms with Crippen molar-refractivity contribution in [2.24, 2.45) is 0 Å². The molecule has 0 spiro atoms. The van der Waals surface area contributed by atoms with Gasteiger partial charge in [-0.3, -0.25) is 14.9 Å². The third kappa shape index (κ3) is 5.61. The summed E-state index contributed by atoms with van der Waals surface area (Å²) in [7, 11) is -4.29. The summed E-state index contributed by atoms with van der Waals surface area (Å²) in [5.74, 6) is 0.0936. The van der Waals surface area contributed by atoms with Crippen LogP contribution in [0.25, 0.3) is 0 Å². The lowest BCUT2D eigenvalue weighted by Gasteiger charge is -2.12. The van der Waals surface area contributed by atoms with Gasteiger partial charge >= 0.3 is 10.1 Å². The number of carbonyl (C=O) groups excluding carboxylic acids is 1. The summed E-state index contributed by atoms with van der Waals surface area (Å²) >= 11 is 0. The fourth-order valence-electron chi connectivity index (χ4n) is 2.69. The second-order valence-electron chi connectivity index (χ2n) is 6.62. The van der Waals surface area contributed by atoms with Gasteiger partial charge in [0.15, 0.2) is 0 Å². The summed E-state index contributed by atoms with van der Waals surface area (Å²) in [5.41, 5.74) is 0.416. The Morgan fingerprint density at radius 1 is 1.03 bits per heavy atom. The van der Waals surface area contributed by atoms with Crippen LogP contribution in [0, 0.1) is 10.1 Å². The number of carbonyl (C=O) groups is 1. The van der Waals surface area contributed by atoms with Crippen LogP contribution in [-0.2, 0) is 10.1 Å². The van der Waals surface area contributed by atoms with Crippen molar-refractivity contribution >= 4 is 27.4 Å². The maximum absolute atomic E-state index is 12.6. The Balaban J connectivity index is 1.72. The van der Waals surface area contributed by atoms with Crippen LogP contribution in [0.5, 0.6) is 11.5 Å². The minimum atomic E-state index is -4.29. The van der Waals surface area contributed by atoms with Crippen molar-refractivity contribution in [3.05, 3.63) is 88.5 Å². The molecule has 0 unspecified atom stereocenters. The normalized spacial score (nSPS) is 10.9. The van der Waals surface area contributed by atoms with Gasteiger partial charge in [0.2, 0.25) is 0 Å². The average molecular weight is 456 g/mol. The van der Waals surface area contributed by atoms with E-state index in [1.807, 2.05) is 6.92 Å². The first-order valence-electron chi connectivity index (χ1n) is 9.62. The highest BCUT2D eigenvalue weighted by Gasteiger charge is 2.20. The second-order valence-corrected chi connectivity index (χ2v) is 8.16. The Morgan fingerprint density at radius 2 is 1.75 bits per heavy atom. The van der Waals surface area contributed by atoms with Crippen molar-refractivity contribution < 1.29 is 27.1 Å². The van der Waals surface area contributed by atoms with Gasteiger partial charge in [0.25, 0.3) is 11.6 Å². The van der Waals surface area contributed by atoms with Gasteiger partial charge in [0.1, 0.15) is 16.4 Å². The Kier molecular flexibility index (Phi) is 7.06. The molecule has 3 aromatic carbocycles. The van der Waals surface area contributed by atoms with Gasteiger partial charge in [-0.05, 0) is 48.9 Å². The average Bonchev–Trinajstić information content (AvgIpc) is 2.78. The van der Waals surface area contributed by atoms with Gasteiger partial charge in [-0.1, -0.05) is 25.1 Å². The number of amides is 1. The molecule has 0 aliphatic rings. The van der Waals surface area contributed by atoms with Gasteiger partial charge in [-0.25, -0.2) is 0 Å². The first kappa shape index (κ1) is 22.8. The van der Waals surface area contributed by atoms with Crippen LogP contribution in [0.1, 0.15) is 23.7 Å². The number of benzene rings is 3. The van der Waals surface area contributed by atoms with E-state index in [4.69, 9.17) is 8.92 Å². The van der Waals surface area contributed by atoms with Crippen LogP contribution in [0.15, 0.2) is 77.7 Å². The lowest BCUT2D eigenvalue weighted by molar-refractivity contribution is -0.385. The first-order chi connectivity index (χ1) is 15.3. The van der Waals surface area contributed by atoms with Crippen LogP contribution in [-0.4, -0.2) is 25.9 Å². The largest absolute Gasteiger partial charge is 0.491 e. The van der Waals surface area contributed by atoms with Gasteiger partial charge < -0.3 is 14.2 Å². The molecule has 32 heavy (non-hydrogen) atoms. The summed E-state index contributed by atoms with van der Waals surface area (Å²) in [6, 6.07) is 17.0. The molecule has 1 N–H and O–H groups in total. The molecule has 0 atom stereocenters. The summed E-state index contributed by atoms with van der Waals surface area (Å²) in [5, 5.41) is 13.6. The van der Waals surface area contributed by atoms with Crippen molar-refractivity contribution in [1.82, 2.24) is 0 Å². The van der Waals surface area contributed by atoms with Gasteiger partial charge in [0, 0.05) is 17.7 Å². The molecule has 0 aliphatic carbocycles. The number of non-ortho nitro benzene ring substituents is 1. The summed E-state index contributed by atoms with van der Waals surface area (Å²) in [4.78, 5) is 22.4. The summed E-state index contributed by atoms with van der Waals surface area (Å²) in [6.45, 7) is 2.49. The summed E-state index contributed by atoms with van der Waals surface area (Å²) in [6.07, 6.45) is 0.822. The van der Waals surface area contributed by atoms with E-state index in [9.17, 15) is 23.3 Å². The highest BCUT2D eigenvalue weighted by molar-refractivity contribution is 7.87. The minimum Gasteiger partial charge on any atom is -0.491 e. The van der Waals surface area contributed by atoms with Gasteiger partial charge in [0.05, 0.1) is 17.2 Å². The van der Waals surface area contributed by atoms with Crippen LogP contribution < -0.4 is 14.2 Å². The molecule has 0 radical (unpaired) electrons. The first-order valence-corrected chi connectivity index (χ1v) is 11.0. The van der Waals surface area contributed by atoms with Crippen molar-refractivity contribution in [1.29, 1.82) is 0 Å². The number of anilines is 1. The highest BCUT2D eigenvalue weighted by Crippen LogP contribution is 2.26. The third-order valence-corrected chi connectivity index (χ3v) is 5.48. The molecule has 0 heterocycles. The van der Waals surface area contributed by atoms with Gasteiger partial charge in [-0.15, -0.1) is 0 Å². The van der Waals surface area contributed by atoms with E-state index >= 15 is 0 Å². The van der Waals surface area contributed by atoms with E-state index in [1.54, 1.807) is 24.3 Å². The molecule has 3 rings (SSSR count). The monoisotopic (exact) mass is 456 g/mol. The SMILES string of the molecule is CCCOc1ccccc1NC(=O)c1ccc(OS(=O)(=O)c2cccc([N+](=O)[O-])c2)cc1. The van der Waals surface area contributed by atoms with E-state index in [0.717, 1.165) is 12.5 Å². The van der Waals surface area contributed by atoms with Crippen LogP contribution in [0.4, 0.5) is 11.4 Å². The maximum atomic E-state index is 12.6. The molecule has 166 valence electrons. The van der Waals surface area contributed by atoms with Crippen molar-refractivity contribution in [2.45, 2.75) is 18.2 Å². The number of hydrogen-bond donors (Lipinski definition) is 1. The van der Waals surface area contributed by atoms with E-state index in [-0.39, 0.29) is 21.9 Å². The number of hydrogen-bond acceptors (Lipinski definition) is 7. The number of nitrogens with zero attached hydrogens (tertiary/aromatic N) is 1. The smallest absolute Gasteiger partial charge is 0.339 e. The van der Waals surface area contributed by atoms with Crippen LogP contribution in [0.3, 0.4) is 0 Å². The Labute approximate surface area is 184 Å². The molecule has 0 bridgehead atoms. The van der Waals surface area contributed by atoms with Crippen molar-refractivity contribution in [3.8, 4) is 11.5 Å². The minimum absolute atomic E-state index is 0.0419. The van der Waals surface area contributed by atoms with Crippen molar-refractivity contribution in [2.75, 3.05) is 11.9 Å². The number of nitro groups is 1. The van der Waals surface area contributed by atoms with Crippen LogP contribution >= 0.6 is 0 Å². The molecule has 0 aliphatic heterocycles. The number of ether oxygens (including phenoxy) is 1. The number of para-hydroxylation sites is 2. The number of rotatable bonds is 9. The molecule has 9 nitrogen and oxygen atoms in total. The quantitative estimate of drug-likeness (QED) is 0.287. The molecule has 0 aromatic heterocycles. The lowest BCUT2D eigenvalue weighted by atomic mass is 10.2. The molecule has 0 saturated carbocycles. The molecule has 10 heteroatoms.